The molecule has 0 saturated carbocycles. The number of carboxylic acid groups (broad SMARTS) is 1. The normalized spacial score (nSPS) is 11.1. The Hall–Kier alpha value is -2.16. The molecule has 0 heterocycles. The lowest BCUT2D eigenvalue weighted by atomic mass is 10.1. The van der Waals surface area contributed by atoms with E-state index in [-0.39, 0.29) is 30.1 Å². The van der Waals surface area contributed by atoms with Gasteiger partial charge >= 0.3 is 11.7 Å². The molecule has 0 atom stereocenters. The Morgan fingerprint density at radius 2 is 2.10 bits per heavy atom. The first-order valence-corrected chi connectivity index (χ1v) is 7.59. The summed E-state index contributed by atoms with van der Waals surface area (Å²) in [6.07, 6.45) is 1.17. The van der Waals surface area contributed by atoms with Gasteiger partial charge in [0.15, 0.2) is 0 Å². The van der Waals surface area contributed by atoms with Gasteiger partial charge < -0.3 is 9.84 Å². The van der Waals surface area contributed by atoms with Gasteiger partial charge in [-0.2, -0.15) is 0 Å². The monoisotopic (exact) mass is 303 g/mol. The summed E-state index contributed by atoms with van der Waals surface area (Å²) in [7, 11) is -3.16. The van der Waals surface area contributed by atoms with Crippen LogP contribution in [0.3, 0.4) is 0 Å². The molecule has 0 aliphatic carbocycles. The van der Waals surface area contributed by atoms with Gasteiger partial charge in [-0.15, -0.1) is 0 Å². The van der Waals surface area contributed by atoms with Gasteiger partial charge in [0.05, 0.1) is 17.3 Å². The van der Waals surface area contributed by atoms with Gasteiger partial charge in [0.1, 0.15) is 15.4 Å². The van der Waals surface area contributed by atoms with Crippen LogP contribution in [-0.4, -0.2) is 43.0 Å². The molecule has 0 fully saturated rings. The lowest BCUT2D eigenvalue weighted by Gasteiger charge is -2.09. The van der Waals surface area contributed by atoms with Gasteiger partial charge in [0.2, 0.25) is 5.75 Å². The van der Waals surface area contributed by atoms with Gasteiger partial charge in [-0.3, -0.25) is 10.1 Å². The van der Waals surface area contributed by atoms with E-state index in [0.29, 0.717) is 0 Å². The van der Waals surface area contributed by atoms with Gasteiger partial charge in [0.25, 0.3) is 0 Å². The first-order chi connectivity index (χ1) is 9.22. The van der Waals surface area contributed by atoms with E-state index < -0.39 is 26.4 Å². The number of carbonyl (C=O) groups is 1. The number of carboxylic acids is 1. The molecule has 0 spiro atoms. The highest BCUT2D eigenvalue weighted by atomic mass is 32.2. The fourth-order valence-electron chi connectivity index (χ4n) is 1.48. The Bertz CT molecular complexity index is 591. The molecular formula is C11H13NO7S. The van der Waals surface area contributed by atoms with Crippen LogP contribution in [0.5, 0.6) is 5.75 Å². The third-order valence-corrected chi connectivity index (χ3v) is 3.36. The highest BCUT2D eigenvalue weighted by molar-refractivity contribution is 7.90. The summed E-state index contributed by atoms with van der Waals surface area (Å²) in [5.41, 5.74) is -0.803. The van der Waals surface area contributed by atoms with Crippen LogP contribution in [0.2, 0.25) is 0 Å². The molecule has 9 heteroatoms. The third kappa shape index (κ3) is 4.50. The van der Waals surface area contributed by atoms with Crippen molar-refractivity contribution in [3.05, 3.63) is 33.9 Å². The zero-order valence-electron chi connectivity index (χ0n) is 10.6. The summed E-state index contributed by atoms with van der Waals surface area (Å²) >= 11 is 0. The quantitative estimate of drug-likeness (QED) is 0.454. The van der Waals surface area contributed by atoms with Crippen molar-refractivity contribution in [2.24, 2.45) is 0 Å². The summed E-state index contributed by atoms with van der Waals surface area (Å²) in [6, 6.07) is 3.55. The van der Waals surface area contributed by atoms with E-state index in [9.17, 15) is 23.3 Å². The molecule has 1 N–H and O–H groups in total. The molecule has 20 heavy (non-hydrogen) atoms. The van der Waals surface area contributed by atoms with Crippen LogP contribution in [0.1, 0.15) is 16.8 Å². The zero-order chi connectivity index (χ0) is 15.3. The van der Waals surface area contributed by atoms with E-state index >= 15 is 0 Å². The predicted molar refractivity (Wildman–Crippen MR) is 69.9 cm³/mol. The van der Waals surface area contributed by atoms with E-state index in [4.69, 9.17) is 9.84 Å². The van der Waals surface area contributed by atoms with Crippen LogP contribution in [0.15, 0.2) is 18.2 Å². The molecule has 0 aromatic heterocycles. The molecule has 1 rings (SSSR count). The van der Waals surface area contributed by atoms with Gasteiger partial charge in [-0.05, 0) is 12.5 Å². The first kappa shape index (κ1) is 15.9. The Kier molecular flexibility index (Phi) is 5.03. The minimum atomic E-state index is -3.16. The molecule has 0 aliphatic rings. The van der Waals surface area contributed by atoms with Crippen LogP contribution in [0.25, 0.3) is 0 Å². The average molecular weight is 303 g/mol. The van der Waals surface area contributed by atoms with E-state index in [1.165, 1.54) is 12.1 Å². The van der Waals surface area contributed by atoms with Gasteiger partial charge in [0, 0.05) is 12.3 Å². The van der Waals surface area contributed by atoms with E-state index in [1.807, 2.05) is 0 Å². The van der Waals surface area contributed by atoms with Gasteiger partial charge in [-0.1, -0.05) is 6.07 Å². The van der Waals surface area contributed by atoms with E-state index in [1.54, 1.807) is 0 Å². The number of nitro groups is 1. The summed E-state index contributed by atoms with van der Waals surface area (Å²) in [5.74, 6) is -1.86. The topological polar surface area (TPSA) is 124 Å². The number of nitro benzene ring substituents is 1. The maximum atomic E-state index is 11.0. The molecule has 0 amide bonds. The number of ether oxygens (including phenoxy) is 1. The van der Waals surface area contributed by atoms with Crippen molar-refractivity contribution in [1.82, 2.24) is 0 Å². The van der Waals surface area contributed by atoms with Crippen LogP contribution in [0, 0.1) is 10.1 Å². The Balaban J connectivity index is 2.91. The fourth-order valence-corrected chi connectivity index (χ4v) is 2.13. The lowest BCUT2D eigenvalue weighted by molar-refractivity contribution is -0.385. The number of nitrogens with zero attached hydrogens (tertiary/aromatic N) is 1. The standard InChI is InChI=1S/C11H13NO7S/c1-20(17,18)7-3-6-19-10-8(11(13)14)4-2-5-9(10)12(15)16/h2,4-5H,3,6-7H2,1H3,(H,13,14). The summed E-state index contributed by atoms with van der Waals surface area (Å²) in [4.78, 5) is 21.1. The van der Waals surface area contributed by atoms with Crippen molar-refractivity contribution in [1.29, 1.82) is 0 Å². The number of rotatable bonds is 7. The maximum Gasteiger partial charge on any atom is 0.339 e. The minimum Gasteiger partial charge on any atom is -0.486 e. The smallest absolute Gasteiger partial charge is 0.339 e. The fraction of sp³-hybridized carbons (Fsp3) is 0.364. The Morgan fingerprint density at radius 1 is 1.45 bits per heavy atom. The summed E-state index contributed by atoms with van der Waals surface area (Å²) in [6.45, 7) is -0.127. The van der Waals surface area contributed by atoms with E-state index in [0.717, 1.165) is 12.3 Å². The van der Waals surface area contributed by atoms with Crippen molar-refractivity contribution in [2.75, 3.05) is 18.6 Å². The van der Waals surface area contributed by atoms with Crippen molar-refractivity contribution >= 4 is 21.5 Å². The molecule has 1 aromatic carbocycles. The molecule has 0 radical (unpaired) electrons. The molecular weight excluding hydrogens is 290 g/mol. The first-order valence-electron chi connectivity index (χ1n) is 5.53. The average Bonchev–Trinajstić information content (AvgIpc) is 2.32. The van der Waals surface area contributed by atoms with Crippen molar-refractivity contribution in [3.63, 3.8) is 0 Å². The van der Waals surface area contributed by atoms with Crippen LogP contribution >= 0.6 is 0 Å². The number of benzene rings is 1. The second-order valence-electron chi connectivity index (χ2n) is 4.05. The zero-order valence-corrected chi connectivity index (χ0v) is 11.4. The highest BCUT2D eigenvalue weighted by Gasteiger charge is 2.22. The number of sulfone groups is 1. The molecule has 110 valence electrons. The second-order valence-corrected chi connectivity index (χ2v) is 6.31. The number of aromatic carboxylic acids is 1. The van der Waals surface area contributed by atoms with Crippen LogP contribution < -0.4 is 4.74 Å². The van der Waals surface area contributed by atoms with E-state index in [2.05, 4.69) is 0 Å². The van der Waals surface area contributed by atoms with Crippen molar-refractivity contribution < 1.29 is 28.0 Å². The maximum absolute atomic E-state index is 11.0. The molecule has 0 bridgehead atoms. The predicted octanol–water partition coefficient (Wildman–Crippen LogP) is 1.11. The summed E-state index contributed by atoms with van der Waals surface area (Å²) in [5, 5.41) is 19.8. The van der Waals surface area contributed by atoms with Gasteiger partial charge in [-0.25, -0.2) is 13.2 Å². The second kappa shape index (κ2) is 6.33. The van der Waals surface area contributed by atoms with Crippen LogP contribution in [0.4, 0.5) is 5.69 Å². The number of hydrogen-bond acceptors (Lipinski definition) is 6. The van der Waals surface area contributed by atoms with Crippen LogP contribution in [-0.2, 0) is 9.84 Å². The lowest BCUT2D eigenvalue weighted by Crippen LogP contribution is -2.11. The molecule has 8 nitrogen and oxygen atoms in total. The third-order valence-electron chi connectivity index (χ3n) is 2.33. The molecule has 0 unspecified atom stereocenters. The minimum absolute atomic E-state index is 0.115. The number of hydrogen-bond donors (Lipinski definition) is 1. The molecule has 0 saturated heterocycles. The highest BCUT2D eigenvalue weighted by Crippen LogP contribution is 2.31. The number of para-hydroxylation sites is 1. The molecule has 1 aromatic rings. The largest absolute Gasteiger partial charge is 0.486 e. The molecule has 0 aliphatic heterocycles. The Labute approximate surface area is 115 Å². The SMILES string of the molecule is CS(=O)(=O)CCCOc1c(C(=O)O)cccc1[N+](=O)[O-]. The van der Waals surface area contributed by atoms with Crippen molar-refractivity contribution in [3.8, 4) is 5.75 Å². The Morgan fingerprint density at radius 3 is 2.60 bits per heavy atom. The summed E-state index contributed by atoms with van der Waals surface area (Å²) < 4.78 is 27.0. The van der Waals surface area contributed by atoms with Crippen molar-refractivity contribution in [2.45, 2.75) is 6.42 Å².